The SMILES string of the molecule is CNC(=O)CCCOc1ccc(C)nc1CNC(C)(C)C. The van der Waals surface area contributed by atoms with Crippen molar-refractivity contribution in [3.63, 3.8) is 0 Å². The minimum atomic E-state index is 0.0297. The van der Waals surface area contributed by atoms with Gasteiger partial charge in [0.05, 0.1) is 12.3 Å². The Bertz CT molecular complexity index is 467. The molecule has 0 aliphatic heterocycles. The average Bonchev–Trinajstić information content (AvgIpc) is 2.41. The highest BCUT2D eigenvalue weighted by Gasteiger charge is 2.12. The molecule has 5 heteroatoms. The van der Waals surface area contributed by atoms with Gasteiger partial charge in [0, 0.05) is 31.2 Å². The van der Waals surface area contributed by atoms with E-state index in [-0.39, 0.29) is 11.4 Å². The maximum absolute atomic E-state index is 11.2. The van der Waals surface area contributed by atoms with Gasteiger partial charge in [0.1, 0.15) is 5.75 Å². The van der Waals surface area contributed by atoms with Gasteiger partial charge in [-0.15, -0.1) is 0 Å². The van der Waals surface area contributed by atoms with Crippen LogP contribution in [-0.2, 0) is 11.3 Å². The van der Waals surface area contributed by atoms with Crippen molar-refractivity contribution in [1.82, 2.24) is 15.6 Å². The highest BCUT2D eigenvalue weighted by molar-refractivity contribution is 5.75. The zero-order chi connectivity index (χ0) is 15.9. The van der Waals surface area contributed by atoms with Crippen molar-refractivity contribution < 1.29 is 9.53 Å². The summed E-state index contributed by atoms with van der Waals surface area (Å²) in [4.78, 5) is 15.7. The fourth-order valence-corrected chi connectivity index (χ4v) is 1.74. The standard InChI is InChI=1S/C16H27N3O2/c1-12-8-9-14(21-10-6-7-15(20)17-5)13(19-12)11-18-16(2,3)4/h8-9,18H,6-7,10-11H2,1-5H3,(H,17,20). The molecule has 0 spiro atoms. The predicted molar refractivity (Wildman–Crippen MR) is 84.4 cm³/mol. The molecule has 1 rings (SSSR count). The van der Waals surface area contributed by atoms with Gasteiger partial charge < -0.3 is 15.4 Å². The largest absolute Gasteiger partial charge is 0.492 e. The molecule has 0 aromatic carbocycles. The molecule has 0 aliphatic rings. The van der Waals surface area contributed by atoms with Gasteiger partial charge in [0.25, 0.3) is 0 Å². The molecule has 0 saturated carbocycles. The Morgan fingerprint density at radius 2 is 2.05 bits per heavy atom. The first kappa shape index (κ1) is 17.4. The van der Waals surface area contributed by atoms with Gasteiger partial charge in [-0.05, 0) is 46.2 Å². The van der Waals surface area contributed by atoms with Crippen molar-refractivity contribution >= 4 is 5.91 Å². The fraction of sp³-hybridized carbons (Fsp3) is 0.625. The van der Waals surface area contributed by atoms with Gasteiger partial charge in [-0.3, -0.25) is 9.78 Å². The monoisotopic (exact) mass is 293 g/mol. The lowest BCUT2D eigenvalue weighted by atomic mass is 10.1. The molecule has 0 radical (unpaired) electrons. The molecular formula is C16H27N3O2. The molecule has 1 aromatic rings. The average molecular weight is 293 g/mol. The molecule has 1 aromatic heterocycles. The van der Waals surface area contributed by atoms with Crippen molar-refractivity contribution in [2.45, 2.75) is 52.6 Å². The maximum atomic E-state index is 11.2. The minimum absolute atomic E-state index is 0.0297. The molecule has 2 N–H and O–H groups in total. The van der Waals surface area contributed by atoms with E-state index in [4.69, 9.17) is 4.74 Å². The number of carbonyl (C=O) groups is 1. The van der Waals surface area contributed by atoms with Crippen LogP contribution in [0.3, 0.4) is 0 Å². The zero-order valence-electron chi connectivity index (χ0n) is 13.7. The Labute approximate surface area is 127 Å². The Balaban J connectivity index is 2.58. The lowest BCUT2D eigenvalue weighted by molar-refractivity contribution is -0.120. The molecule has 0 fully saturated rings. The van der Waals surface area contributed by atoms with Crippen LogP contribution in [0.5, 0.6) is 5.75 Å². The second kappa shape index (κ2) is 7.98. The van der Waals surface area contributed by atoms with Crippen LogP contribution in [0.4, 0.5) is 0 Å². The Kier molecular flexibility index (Phi) is 6.62. The van der Waals surface area contributed by atoms with Gasteiger partial charge >= 0.3 is 0 Å². The number of pyridine rings is 1. The summed E-state index contributed by atoms with van der Waals surface area (Å²) in [5.41, 5.74) is 1.91. The maximum Gasteiger partial charge on any atom is 0.219 e. The van der Waals surface area contributed by atoms with Crippen molar-refractivity contribution in [3.05, 3.63) is 23.5 Å². The first-order chi connectivity index (χ1) is 9.81. The van der Waals surface area contributed by atoms with Crippen LogP contribution in [0.2, 0.25) is 0 Å². The summed E-state index contributed by atoms with van der Waals surface area (Å²) in [7, 11) is 1.64. The number of carbonyl (C=O) groups excluding carboxylic acids is 1. The van der Waals surface area contributed by atoms with E-state index in [2.05, 4.69) is 36.4 Å². The summed E-state index contributed by atoms with van der Waals surface area (Å²) in [5.74, 6) is 0.824. The number of nitrogens with one attached hydrogen (secondary N) is 2. The number of hydrogen-bond donors (Lipinski definition) is 2. The van der Waals surface area contributed by atoms with Gasteiger partial charge in [-0.1, -0.05) is 0 Å². The number of nitrogens with zero attached hydrogens (tertiary/aromatic N) is 1. The molecule has 0 aliphatic carbocycles. The quantitative estimate of drug-likeness (QED) is 0.756. The van der Waals surface area contributed by atoms with Crippen molar-refractivity contribution in [2.24, 2.45) is 0 Å². The van der Waals surface area contributed by atoms with E-state index >= 15 is 0 Å². The third-order valence-corrected chi connectivity index (χ3v) is 2.94. The summed E-state index contributed by atoms with van der Waals surface area (Å²) in [5, 5.41) is 6.02. The van der Waals surface area contributed by atoms with Crippen LogP contribution < -0.4 is 15.4 Å². The minimum Gasteiger partial charge on any atom is -0.492 e. The number of aryl methyl sites for hydroxylation is 1. The predicted octanol–water partition coefficient (Wildman–Crippen LogP) is 2.18. The van der Waals surface area contributed by atoms with Crippen LogP contribution in [0.1, 0.15) is 45.0 Å². The van der Waals surface area contributed by atoms with Crippen LogP contribution in [0, 0.1) is 6.92 Å². The van der Waals surface area contributed by atoms with Gasteiger partial charge in [-0.2, -0.15) is 0 Å². The second-order valence-electron chi connectivity index (χ2n) is 6.13. The molecule has 1 heterocycles. The van der Waals surface area contributed by atoms with E-state index in [0.29, 0.717) is 26.0 Å². The summed E-state index contributed by atoms with van der Waals surface area (Å²) in [6.45, 7) is 9.50. The number of rotatable bonds is 7. The van der Waals surface area contributed by atoms with E-state index < -0.39 is 0 Å². The number of amides is 1. The zero-order valence-corrected chi connectivity index (χ0v) is 13.7. The lowest BCUT2D eigenvalue weighted by Crippen LogP contribution is -2.35. The number of aromatic nitrogens is 1. The molecule has 0 bridgehead atoms. The Morgan fingerprint density at radius 1 is 1.33 bits per heavy atom. The summed E-state index contributed by atoms with van der Waals surface area (Å²) < 4.78 is 5.77. The van der Waals surface area contributed by atoms with Crippen molar-refractivity contribution in [3.8, 4) is 5.75 Å². The number of hydrogen-bond acceptors (Lipinski definition) is 4. The topological polar surface area (TPSA) is 63.2 Å². The second-order valence-corrected chi connectivity index (χ2v) is 6.13. The molecule has 118 valence electrons. The van der Waals surface area contributed by atoms with Crippen LogP contribution in [-0.4, -0.2) is 30.1 Å². The molecule has 0 unspecified atom stereocenters. The van der Waals surface area contributed by atoms with Crippen molar-refractivity contribution in [2.75, 3.05) is 13.7 Å². The molecule has 1 amide bonds. The van der Waals surface area contributed by atoms with E-state index in [1.807, 2.05) is 19.1 Å². The fourth-order valence-electron chi connectivity index (χ4n) is 1.74. The first-order valence-electron chi connectivity index (χ1n) is 7.37. The van der Waals surface area contributed by atoms with E-state index in [0.717, 1.165) is 17.1 Å². The lowest BCUT2D eigenvalue weighted by Gasteiger charge is -2.21. The molecule has 5 nitrogen and oxygen atoms in total. The van der Waals surface area contributed by atoms with Gasteiger partial charge in [0.2, 0.25) is 5.91 Å². The van der Waals surface area contributed by atoms with Gasteiger partial charge in [-0.25, -0.2) is 0 Å². The highest BCUT2D eigenvalue weighted by Crippen LogP contribution is 2.18. The van der Waals surface area contributed by atoms with Crippen LogP contribution in [0.25, 0.3) is 0 Å². The van der Waals surface area contributed by atoms with Crippen LogP contribution >= 0.6 is 0 Å². The molecular weight excluding hydrogens is 266 g/mol. The third kappa shape index (κ3) is 7.09. The Morgan fingerprint density at radius 3 is 2.67 bits per heavy atom. The van der Waals surface area contributed by atoms with E-state index in [1.54, 1.807) is 7.05 Å². The van der Waals surface area contributed by atoms with Gasteiger partial charge in [0.15, 0.2) is 0 Å². The summed E-state index contributed by atoms with van der Waals surface area (Å²) >= 11 is 0. The first-order valence-corrected chi connectivity index (χ1v) is 7.37. The molecule has 21 heavy (non-hydrogen) atoms. The normalized spacial score (nSPS) is 11.3. The third-order valence-electron chi connectivity index (χ3n) is 2.94. The van der Waals surface area contributed by atoms with Crippen molar-refractivity contribution in [1.29, 1.82) is 0 Å². The number of ether oxygens (including phenoxy) is 1. The van der Waals surface area contributed by atoms with E-state index in [9.17, 15) is 4.79 Å². The molecule has 0 saturated heterocycles. The smallest absolute Gasteiger partial charge is 0.219 e. The highest BCUT2D eigenvalue weighted by atomic mass is 16.5. The van der Waals surface area contributed by atoms with E-state index in [1.165, 1.54) is 0 Å². The van der Waals surface area contributed by atoms with Crippen LogP contribution in [0.15, 0.2) is 12.1 Å². The summed E-state index contributed by atoms with van der Waals surface area (Å²) in [6.07, 6.45) is 1.17. The molecule has 0 atom stereocenters. The Hall–Kier alpha value is -1.62. The summed E-state index contributed by atoms with van der Waals surface area (Å²) in [6, 6.07) is 3.89.